The molecule has 2 saturated heterocycles. The molecule has 0 aliphatic carbocycles. The average Bonchev–Trinajstić information content (AvgIpc) is 2.56. The van der Waals surface area contributed by atoms with Gasteiger partial charge in [0.25, 0.3) is 5.91 Å². The van der Waals surface area contributed by atoms with Gasteiger partial charge in [-0.25, -0.2) is 4.39 Å². The van der Waals surface area contributed by atoms with Crippen LogP contribution in [0.2, 0.25) is 0 Å². The Morgan fingerprint density at radius 1 is 1.20 bits per heavy atom. The molecule has 1 aromatic carbocycles. The molecule has 2 heterocycles. The Labute approximate surface area is 149 Å². The van der Waals surface area contributed by atoms with Crippen molar-refractivity contribution < 1.29 is 13.9 Å². The Bertz CT molecular complexity index is 604. The second-order valence-electron chi connectivity index (χ2n) is 7.68. The van der Waals surface area contributed by atoms with Crippen molar-refractivity contribution in [3.8, 4) is 0 Å². The van der Waals surface area contributed by atoms with E-state index in [2.05, 4.69) is 18.7 Å². The van der Waals surface area contributed by atoms with Crippen molar-refractivity contribution in [3.63, 3.8) is 0 Å². The highest BCUT2D eigenvalue weighted by Crippen LogP contribution is 2.22. The van der Waals surface area contributed by atoms with E-state index in [1.54, 1.807) is 19.1 Å². The normalized spacial score (nSPS) is 26.0. The Balaban J connectivity index is 1.51. The molecule has 25 heavy (non-hydrogen) atoms. The highest BCUT2D eigenvalue weighted by atomic mass is 19.1. The maximum Gasteiger partial charge on any atom is 0.253 e. The van der Waals surface area contributed by atoms with E-state index in [9.17, 15) is 9.18 Å². The minimum absolute atomic E-state index is 0.0500. The van der Waals surface area contributed by atoms with Crippen molar-refractivity contribution in [3.05, 3.63) is 35.1 Å². The number of halogens is 1. The van der Waals surface area contributed by atoms with E-state index in [0.29, 0.717) is 29.3 Å². The summed E-state index contributed by atoms with van der Waals surface area (Å²) in [5.74, 6) is 0.263. The van der Waals surface area contributed by atoms with Crippen LogP contribution in [0, 0.1) is 18.7 Å². The third kappa shape index (κ3) is 4.59. The van der Waals surface area contributed by atoms with Gasteiger partial charge in [-0.2, -0.15) is 0 Å². The second kappa shape index (κ2) is 7.83. The number of amides is 1. The van der Waals surface area contributed by atoms with Gasteiger partial charge in [0.05, 0.1) is 12.2 Å². The third-order valence-electron chi connectivity index (χ3n) is 5.33. The summed E-state index contributed by atoms with van der Waals surface area (Å²) in [4.78, 5) is 16.9. The molecule has 0 aromatic heterocycles. The monoisotopic (exact) mass is 348 g/mol. The Morgan fingerprint density at radius 2 is 1.84 bits per heavy atom. The summed E-state index contributed by atoms with van der Waals surface area (Å²) in [6.07, 6.45) is 2.61. The lowest BCUT2D eigenvalue weighted by Crippen LogP contribution is -2.48. The van der Waals surface area contributed by atoms with Crippen molar-refractivity contribution >= 4 is 5.91 Å². The number of hydrogen-bond acceptors (Lipinski definition) is 3. The number of piperidine rings is 1. The zero-order chi connectivity index (χ0) is 18.0. The van der Waals surface area contributed by atoms with Gasteiger partial charge in [-0.3, -0.25) is 9.69 Å². The summed E-state index contributed by atoms with van der Waals surface area (Å²) in [6.45, 7) is 10.6. The molecule has 2 aliphatic rings. The number of aryl methyl sites for hydroxylation is 1. The zero-order valence-corrected chi connectivity index (χ0v) is 15.5. The van der Waals surface area contributed by atoms with Gasteiger partial charge in [0.1, 0.15) is 5.82 Å². The summed E-state index contributed by atoms with van der Waals surface area (Å²) in [5.41, 5.74) is 1.03. The van der Waals surface area contributed by atoms with Gasteiger partial charge >= 0.3 is 0 Å². The van der Waals surface area contributed by atoms with Crippen LogP contribution in [-0.2, 0) is 4.74 Å². The summed E-state index contributed by atoms with van der Waals surface area (Å²) in [5, 5.41) is 0. The molecule has 3 rings (SSSR count). The zero-order valence-electron chi connectivity index (χ0n) is 15.5. The van der Waals surface area contributed by atoms with Crippen molar-refractivity contribution in [2.45, 2.75) is 45.8 Å². The number of likely N-dealkylation sites (tertiary alicyclic amines) is 1. The van der Waals surface area contributed by atoms with E-state index in [1.165, 1.54) is 6.07 Å². The molecule has 138 valence electrons. The first-order valence-electron chi connectivity index (χ1n) is 9.35. The molecule has 2 aliphatic heterocycles. The standard InChI is InChI=1S/C20H29FN2O2/c1-14-4-5-18(10-19(14)21)20(24)23-8-6-17(7-9-23)13-22-11-15(2)25-16(3)12-22/h4-5,10,15-17H,6-9,11-13H2,1-3H3/t15-,16+. The highest BCUT2D eigenvalue weighted by molar-refractivity contribution is 5.94. The molecule has 0 bridgehead atoms. The van der Waals surface area contributed by atoms with Gasteiger partial charge in [0, 0.05) is 38.3 Å². The summed E-state index contributed by atoms with van der Waals surface area (Å²) >= 11 is 0. The van der Waals surface area contributed by atoms with Gasteiger partial charge in [0.15, 0.2) is 0 Å². The maximum absolute atomic E-state index is 13.7. The van der Waals surface area contributed by atoms with Crippen LogP contribution in [0.5, 0.6) is 0 Å². The number of hydrogen-bond donors (Lipinski definition) is 0. The number of rotatable bonds is 3. The molecule has 1 amide bonds. The number of benzene rings is 1. The molecule has 0 saturated carbocycles. The summed E-state index contributed by atoms with van der Waals surface area (Å²) in [6, 6.07) is 4.76. The van der Waals surface area contributed by atoms with E-state index < -0.39 is 0 Å². The predicted octanol–water partition coefficient (Wildman–Crippen LogP) is 3.10. The van der Waals surface area contributed by atoms with Gasteiger partial charge in [-0.15, -0.1) is 0 Å². The molecule has 5 heteroatoms. The Kier molecular flexibility index (Phi) is 5.74. The number of morpholine rings is 1. The third-order valence-corrected chi connectivity index (χ3v) is 5.33. The molecule has 1 aromatic rings. The largest absolute Gasteiger partial charge is 0.373 e. The fourth-order valence-corrected chi connectivity index (χ4v) is 4.03. The van der Waals surface area contributed by atoms with Crippen LogP contribution >= 0.6 is 0 Å². The molecule has 0 radical (unpaired) electrons. The molecule has 2 atom stereocenters. The quantitative estimate of drug-likeness (QED) is 0.841. The van der Waals surface area contributed by atoms with Crippen molar-refractivity contribution in [1.29, 1.82) is 0 Å². The lowest BCUT2D eigenvalue weighted by Gasteiger charge is -2.39. The summed E-state index contributed by atoms with van der Waals surface area (Å²) < 4.78 is 19.5. The van der Waals surface area contributed by atoms with E-state index >= 15 is 0 Å². The molecule has 0 unspecified atom stereocenters. The van der Waals surface area contributed by atoms with E-state index in [-0.39, 0.29) is 11.7 Å². The highest BCUT2D eigenvalue weighted by Gasteiger charge is 2.28. The Morgan fingerprint density at radius 3 is 2.44 bits per heavy atom. The van der Waals surface area contributed by atoms with Crippen LogP contribution in [0.15, 0.2) is 18.2 Å². The molecule has 0 spiro atoms. The fraction of sp³-hybridized carbons (Fsp3) is 0.650. The van der Waals surface area contributed by atoms with Crippen LogP contribution in [0.3, 0.4) is 0 Å². The van der Waals surface area contributed by atoms with Crippen LogP contribution in [0.4, 0.5) is 4.39 Å². The maximum atomic E-state index is 13.7. The predicted molar refractivity (Wildman–Crippen MR) is 96.2 cm³/mol. The Hall–Kier alpha value is -1.46. The molecule has 2 fully saturated rings. The lowest BCUT2D eigenvalue weighted by molar-refractivity contribution is -0.0728. The SMILES string of the molecule is Cc1ccc(C(=O)N2CCC(CN3C[C@@H](C)O[C@@H](C)C3)CC2)cc1F. The summed E-state index contributed by atoms with van der Waals surface area (Å²) in [7, 11) is 0. The fourth-order valence-electron chi connectivity index (χ4n) is 4.03. The number of carbonyl (C=O) groups is 1. The van der Waals surface area contributed by atoms with E-state index in [4.69, 9.17) is 4.74 Å². The average molecular weight is 348 g/mol. The topological polar surface area (TPSA) is 32.8 Å². The van der Waals surface area contributed by atoms with Crippen molar-refractivity contribution in [1.82, 2.24) is 9.80 Å². The van der Waals surface area contributed by atoms with E-state index in [1.807, 2.05) is 4.90 Å². The minimum Gasteiger partial charge on any atom is -0.373 e. The first-order chi connectivity index (χ1) is 11.9. The lowest BCUT2D eigenvalue weighted by atomic mass is 9.95. The van der Waals surface area contributed by atoms with Gasteiger partial charge in [-0.1, -0.05) is 6.07 Å². The smallest absolute Gasteiger partial charge is 0.253 e. The molecular formula is C20H29FN2O2. The first-order valence-corrected chi connectivity index (χ1v) is 9.35. The van der Waals surface area contributed by atoms with Crippen LogP contribution in [0.1, 0.15) is 42.6 Å². The molecule has 4 nitrogen and oxygen atoms in total. The number of nitrogens with zero attached hydrogens (tertiary/aromatic N) is 2. The molecule has 0 N–H and O–H groups in total. The minimum atomic E-state index is -0.309. The van der Waals surface area contributed by atoms with Crippen LogP contribution in [0.25, 0.3) is 0 Å². The van der Waals surface area contributed by atoms with Crippen molar-refractivity contribution in [2.75, 3.05) is 32.7 Å². The number of ether oxygens (including phenoxy) is 1. The van der Waals surface area contributed by atoms with Gasteiger partial charge < -0.3 is 9.64 Å². The van der Waals surface area contributed by atoms with Crippen molar-refractivity contribution in [2.24, 2.45) is 5.92 Å². The van der Waals surface area contributed by atoms with Gasteiger partial charge in [0.2, 0.25) is 0 Å². The van der Waals surface area contributed by atoms with Crippen LogP contribution < -0.4 is 0 Å². The first kappa shape index (κ1) is 18.3. The second-order valence-corrected chi connectivity index (χ2v) is 7.68. The van der Waals surface area contributed by atoms with Crippen LogP contribution in [-0.4, -0.2) is 60.6 Å². The number of carbonyl (C=O) groups excluding carboxylic acids is 1. The molecular weight excluding hydrogens is 319 g/mol. The van der Waals surface area contributed by atoms with E-state index in [0.717, 1.165) is 45.6 Å². The van der Waals surface area contributed by atoms with Gasteiger partial charge in [-0.05, 0) is 57.2 Å².